The Morgan fingerprint density at radius 1 is 1.23 bits per heavy atom. The molecule has 0 saturated carbocycles. The summed E-state index contributed by atoms with van der Waals surface area (Å²) in [4.78, 5) is 0. The maximum Gasteiger partial charge on any atom is 0.350 e. The lowest BCUT2D eigenvalue weighted by Gasteiger charge is -2.07. The molecule has 0 bridgehead atoms. The topological polar surface area (TPSA) is 11.3 Å². The first kappa shape index (κ1) is 9.97. The van der Waals surface area contributed by atoms with Crippen molar-refractivity contribution >= 4 is 5.78 Å². The van der Waals surface area contributed by atoms with Crippen LogP contribution in [-0.2, 0) is 4.42 Å². The van der Waals surface area contributed by atoms with Gasteiger partial charge in [0.05, 0.1) is 5.57 Å². The molecule has 0 radical (unpaired) electrons. The first-order valence-electron chi connectivity index (χ1n) is 4.53. The quantitative estimate of drug-likeness (QED) is 0.431. The summed E-state index contributed by atoms with van der Waals surface area (Å²) in [6, 6.07) is 0. The number of ketones is 1. The van der Waals surface area contributed by atoms with Crippen LogP contribution in [0.15, 0.2) is 36.5 Å². The van der Waals surface area contributed by atoms with Crippen LogP contribution in [0.4, 0.5) is 0 Å². The van der Waals surface area contributed by atoms with Gasteiger partial charge in [0.1, 0.15) is 0 Å². The van der Waals surface area contributed by atoms with Gasteiger partial charge in [0.15, 0.2) is 0 Å². The van der Waals surface area contributed by atoms with Gasteiger partial charge in [-0.25, -0.2) is 0 Å². The van der Waals surface area contributed by atoms with Gasteiger partial charge in [0.25, 0.3) is 6.61 Å². The maximum atomic E-state index is 5.64. The summed E-state index contributed by atoms with van der Waals surface area (Å²) in [6.07, 6.45) is 7.84. The molecule has 1 rings (SSSR count). The molecule has 1 aliphatic carbocycles. The number of rotatable bonds is 1. The highest BCUT2D eigenvalue weighted by atomic mass is 16.4. The zero-order valence-corrected chi connectivity index (χ0v) is 8.63. The molecule has 0 aromatic heterocycles. The number of allylic oxidation sites excluding steroid dienone is 5. The van der Waals surface area contributed by atoms with E-state index in [0.29, 0.717) is 0 Å². The summed E-state index contributed by atoms with van der Waals surface area (Å²) in [7, 11) is 0. The average molecular weight is 177 g/mol. The Balaban J connectivity index is 2.67. The van der Waals surface area contributed by atoms with Gasteiger partial charge >= 0.3 is 5.78 Å². The van der Waals surface area contributed by atoms with Crippen molar-refractivity contribution in [3.05, 3.63) is 36.5 Å². The molecule has 0 amide bonds. The van der Waals surface area contributed by atoms with Crippen LogP contribution in [0.3, 0.4) is 0 Å². The van der Waals surface area contributed by atoms with Gasteiger partial charge in [-0.05, 0) is 6.08 Å². The van der Waals surface area contributed by atoms with E-state index in [1.165, 1.54) is 0 Å². The minimum atomic E-state index is 0.197. The molecule has 70 valence electrons. The van der Waals surface area contributed by atoms with Crippen LogP contribution in [0.2, 0.25) is 0 Å². The fraction of sp³-hybridized carbons (Fsp3) is 0.417. The highest BCUT2D eigenvalue weighted by Gasteiger charge is 2.20. The predicted molar refractivity (Wildman–Crippen MR) is 56.7 cm³/mol. The number of hydrogen-bond donors (Lipinski definition) is 0. The smallest absolute Gasteiger partial charge is 0.254 e. The van der Waals surface area contributed by atoms with Crippen molar-refractivity contribution in [1.29, 1.82) is 0 Å². The maximum absolute atomic E-state index is 5.64. The Morgan fingerprint density at radius 2 is 1.85 bits per heavy atom. The van der Waals surface area contributed by atoms with E-state index in [0.717, 1.165) is 18.0 Å². The third-order valence-corrected chi connectivity index (χ3v) is 1.63. The largest absolute Gasteiger partial charge is 0.350 e. The first-order valence-corrected chi connectivity index (χ1v) is 4.53. The molecule has 1 heteroatoms. The molecule has 0 aromatic carbocycles. The fourth-order valence-electron chi connectivity index (χ4n) is 0.939. The standard InChI is InChI=1S/C12H17O/c1-10-7-5-6-8-11(10)13-9-12(2,3)4/h5-8H,1,9H2,2-4H3/q+1. The molecule has 1 nitrogen and oxygen atoms in total. The minimum absolute atomic E-state index is 0.197. The molecule has 0 heterocycles. The number of hydrogen-bond acceptors (Lipinski definition) is 0. The Bertz CT molecular complexity index is 285. The lowest BCUT2D eigenvalue weighted by atomic mass is 9.99. The molecule has 0 fully saturated rings. The van der Waals surface area contributed by atoms with Crippen molar-refractivity contribution in [2.45, 2.75) is 20.8 Å². The molecular weight excluding hydrogens is 160 g/mol. The molecule has 13 heavy (non-hydrogen) atoms. The van der Waals surface area contributed by atoms with E-state index < -0.39 is 0 Å². The summed E-state index contributed by atoms with van der Waals surface area (Å²) < 4.78 is 5.64. The Kier molecular flexibility index (Phi) is 2.86. The van der Waals surface area contributed by atoms with Gasteiger partial charge in [-0.3, -0.25) is 4.42 Å². The van der Waals surface area contributed by atoms with Crippen molar-refractivity contribution in [3.8, 4) is 0 Å². The minimum Gasteiger partial charge on any atom is -0.254 e. The highest BCUT2D eigenvalue weighted by molar-refractivity contribution is 6.07. The van der Waals surface area contributed by atoms with E-state index in [1.807, 2.05) is 24.3 Å². The van der Waals surface area contributed by atoms with Crippen LogP contribution in [0, 0.1) is 5.41 Å². The van der Waals surface area contributed by atoms with E-state index in [1.54, 1.807) is 0 Å². The second-order valence-corrected chi connectivity index (χ2v) is 4.46. The van der Waals surface area contributed by atoms with Crippen LogP contribution in [0.25, 0.3) is 0 Å². The molecule has 0 unspecified atom stereocenters. The highest BCUT2D eigenvalue weighted by Crippen LogP contribution is 2.12. The van der Waals surface area contributed by atoms with Crippen molar-refractivity contribution in [3.63, 3.8) is 0 Å². The molecule has 0 atom stereocenters. The average Bonchev–Trinajstić information content (AvgIpc) is 2.01. The van der Waals surface area contributed by atoms with Crippen molar-refractivity contribution in [2.24, 2.45) is 5.41 Å². The summed E-state index contributed by atoms with van der Waals surface area (Å²) in [5.74, 6) is 0.887. The van der Waals surface area contributed by atoms with Gasteiger partial charge in [-0.1, -0.05) is 39.5 Å². The Labute approximate surface area is 80.2 Å². The molecule has 1 aliphatic rings. The summed E-state index contributed by atoms with van der Waals surface area (Å²) in [6.45, 7) is 11.1. The van der Waals surface area contributed by atoms with E-state index in [-0.39, 0.29) is 5.41 Å². The Hall–Kier alpha value is -1.11. The molecule has 0 aromatic rings. The van der Waals surface area contributed by atoms with E-state index in [4.69, 9.17) is 4.42 Å². The molecule has 0 spiro atoms. The monoisotopic (exact) mass is 177 g/mol. The van der Waals surface area contributed by atoms with Gasteiger partial charge in [-0.15, -0.1) is 0 Å². The second-order valence-electron chi connectivity index (χ2n) is 4.46. The zero-order valence-electron chi connectivity index (χ0n) is 8.63. The van der Waals surface area contributed by atoms with Crippen LogP contribution in [-0.4, -0.2) is 12.4 Å². The lowest BCUT2D eigenvalue weighted by molar-refractivity contribution is -0.472. The summed E-state index contributed by atoms with van der Waals surface area (Å²) >= 11 is 0. The third kappa shape index (κ3) is 3.41. The van der Waals surface area contributed by atoms with Crippen molar-refractivity contribution in [1.82, 2.24) is 0 Å². The van der Waals surface area contributed by atoms with Gasteiger partial charge in [0.2, 0.25) is 0 Å². The van der Waals surface area contributed by atoms with E-state index in [9.17, 15) is 0 Å². The molecule has 0 aliphatic heterocycles. The normalized spacial score (nSPS) is 19.9. The van der Waals surface area contributed by atoms with Gasteiger partial charge in [-0.2, -0.15) is 0 Å². The second kappa shape index (κ2) is 3.73. The third-order valence-electron chi connectivity index (χ3n) is 1.63. The van der Waals surface area contributed by atoms with Gasteiger partial charge in [0, 0.05) is 11.5 Å². The molecular formula is C12H17O+. The van der Waals surface area contributed by atoms with Crippen LogP contribution < -0.4 is 0 Å². The Morgan fingerprint density at radius 3 is 2.38 bits per heavy atom. The zero-order chi connectivity index (χ0) is 9.90. The van der Waals surface area contributed by atoms with Crippen molar-refractivity contribution in [2.75, 3.05) is 6.61 Å². The van der Waals surface area contributed by atoms with Crippen LogP contribution in [0.5, 0.6) is 0 Å². The molecule has 0 N–H and O–H groups in total. The van der Waals surface area contributed by atoms with Gasteiger partial charge < -0.3 is 0 Å². The summed E-state index contributed by atoms with van der Waals surface area (Å²) in [5, 5.41) is 0. The molecule has 0 saturated heterocycles. The van der Waals surface area contributed by atoms with Crippen molar-refractivity contribution < 1.29 is 4.42 Å². The van der Waals surface area contributed by atoms with E-state index >= 15 is 0 Å². The fourth-order valence-corrected chi connectivity index (χ4v) is 0.939. The summed E-state index contributed by atoms with van der Waals surface area (Å²) in [5.41, 5.74) is 1.15. The van der Waals surface area contributed by atoms with Crippen LogP contribution >= 0.6 is 0 Å². The number of carbonyl (C=O) groups excluding carboxylic acids is 1. The van der Waals surface area contributed by atoms with E-state index in [2.05, 4.69) is 27.4 Å². The first-order chi connectivity index (χ1) is 5.99. The predicted octanol–water partition coefficient (Wildman–Crippen LogP) is 2.82. The van der Waals surface area contributed by atoms with Crippen LogP contribution in [0.1, 0.15) is 20.8 Å². The SMILES string of the molecule is C=C1C=CC=CC1=[O+]CC(C)(C)C. The lowest BCUT2D eigenvalue weighted by Crippen LogP contribution is -2.15.